The van der Waals surface area contributed by atoms with Crippen LogP contribution in [0, 0.1) is 0 Å². The van der Waals surface area contributed by atoms with E-state index >= 15 is 0 Å². The third kappa shape index (κ3) is 3.09. The Labute approximate surface area is 145 Å². The number of para-hydroxylation sites is 2. The molecular weight excluding hydrogens is 316 g/mol. The van der Waals surface area contributed by atoms with E-state index in [0.29, 0.717) is 12.1 Å². The average Bonchev–Trinajstić information content (AvgIpc) is 2.95. The van der Waals surface area contributed by atoms with E-state index in [1.54, 1.807) is 6.07 Å². The summed E-state index contributed by atoms with van der Waals surface area (Å²) in [6.07, 6.45) is 3.35. The van der Waals surface area contributed by atoms with Gasteiger partial charge in [0.15, 0.2) is 5.58 Å². The van der Waals surface area contributed by atoms with Gasteiger partial charge in [-0.1, -0.05) is 36.4 Å². The van der Waals surface area contributed by atoms with Crippen molar-refractivity contribution in [2.45, 2.75) is 38.3 Å². The highest BCUT2D eigenvalue weighted by atomic mass is 16.4. The fraction of sp³-hybridized carbons (Fsp3) is 0.300. The first-order chi connectivity index (χ1) is 12.2. The molecule has 0 saturated heterocycles. The number of aromatic nitrogens is 1. The maximum Gasteiger partial charge on any atom is 0.419 e. The fourth-order valence-corrected chi connectivity index (χ4v) is 3.61. The van der Waals surface area contributed by atoms with Crippen LogP contribution in [0.3, 0.4) is 0 Å². The Kier molecular flexibility index (Phi) is 4.14. The van der Waals surface area contributed by atoms with Crippen molar-refractivity contribution < 1.29 is 9.21 Å². The number of benzene rings is 2. The second-order valence-corrected chi connectivity index (χ2v) is 6.45. The maximum atomic E-state index is 12.4. The van der Waals surface area contributed by atoms with Crippen LogP contribution in [0.4, 0.5) is 0 Å². The van der Waals surface area contributed by atoms with E-state index in [-0.39, 0.29) is 18.4 Å². The molecule has 0 unspecified atom stereocenters. The number of amides is 1. The standard InChI is InChI=1S/C20H20N2O3/c23-19(21-16-9-5-7-14-6-1-2-8-15(14)16)12-13-22-17-10-3-4-11-18(17)25-20(22)24/h1-4,6,8,10-11,16H,5,7,9,12-13H2,(H,21,23)/t16-/m0/s1. The molecule has 1 aliphatic carbocycles. The van der Waals surface area contributed by atoms with Crippen molar-refractivity contribution in [2.75, 3.05) is 0 Å². The van der Waals surface area contributed by atoms with Crippen molar-refractivity contribution >= 4 is 17.0 Å². The van der Waals surface area contributed by atoms with Gasteiger partial charge in [0.25, 0.3) is 0 Å². The summed E-state index contributed by atoms with van der Waals surface area (Å²) < 4.78 is 6.72. The molecule has 5 nitrogen and oxygen atoms in total. The molecule has 0 fully saturated rings. The molecule has 0 spiro atoms. The first-order valence-electron chi connectivity index (χ1n) is 8.68. The minimum atomic E-state index is -0.419. The molecule has 0 radical (unpaired) electrons. The zero-order valence-corrected chi connectivity index (χ0v) is 13.9. The highest BCUT2D eigenvalue weighted by Crippen LogP contribution is 2.29. The average molecular weight is 336 g/mol. The van der Waals surface area contributed by atoms with Crippen molar-refractivity contribution in [3.63, 3.8) is 0 Å². The number of carbonyl (C=O) groups excluding carboxylic acids is 1. The lowest BCUT2D eigenvalue weighted by Gasteiger charge is -2.26. The molecular formula is C20H20N2O3. The second-order valence-electron chi connectivity index (χ2n) is 6.45. The van der Waals surface area contributed by atoms with E-state index in [9.17, 15) is 9.59 Å². The summed E-state index contributed by atoms with van der Waals surface area (Å²) in [5, 5.41) is 3.12. The number of nitrogens with zero attached hydrogens (tertiary/aromatic N) is 1. The summed E-state index contributed by atoms with van der Waals surface area (Å²) in [4.78, 5) is 24.4. The summed E-state index contributed by atoms with van der Waals surface area (Å²) in [5.41, 5.74) is 3.81. The topological polar surface area (TPSA) is 64.2 Å². The summed E-state index contributed by atoms with van der Waals surface area (Å²) in [6, 6.07) is 15.6. The molecule has 1 aliphatic rings. The summed E-state index contributed by atoms with van der Waals surface area (Å²) in [5.74, 6) is -0.462. The van der Waals surface area contributed by atoms with E-state index in [2.05, 4.69) is 17.4 Å². The molecule has 2 aromatic carbocycles. The van der Waals surface area contributed by atoms with Crippen LogP contribution in [0.15, 0.2) is 57.7 Å². The fourth-order valence-electron chi connectivity index (χ4n) is 3.61. The Morgan fingerprint density at radius 1 is 1.16 bits per heavy atom. The number of rotatable bonds is 4. The van der Waals surface area contributed by atoms with E-state index in [0.717, 1.165) is 24.8 Å². The molecule has 1 atom stereocenters. The molecule has 1 amide bonds. The smallest absolute Gasteiger partial charge is 0.408 e. The minimum Gasteiger partial charge on any atom is -0.408 e. The van der Waals surface area contributed by atoms with Crippen LogP contribution in [0.25, 0.3) is 11.1 Å². The molecule has 1 N–H and O–H groups in total. The van der Waals surface area contributed by atoms with E-state index in [1.165, 1.54) is 15.7 Å². The largest absolute Gasteiger partial charge is 0.419 e. The third-order valence-corrected chi connectivity index (χ3v) is 4.84. The molecule has 0 saturated carbocycles. The number of carbonyl (C=O) groups is 1. The van der Waals surface area contributed by atoms with Gasteiger partial charge in [-0.25, -0.2) is 4.79 Å². The second kappa shape index (κ2) is 6.59. The number of fused-ring (bicyclic) bond motifs is 2. The summed E-state index contributed by atoms with van der Waals surface area (Å²) in [6.45, 7) is 0.316. The van der Waals surface area contributed by atoms with Crippen LogP contribution >= 0.6 is 0 Å². The van der Waals surface area contributed by atoms with Crippen molar-refractivity contribution in [3.05, 3.63) is 70.2 Å². The van der Waals surface area contributed by atoms with Gasteiger partial charge in [0.2, 0.25) is 5.91 Å². The van der Waals surface area contributed by atoms with E-state index < -0.39 is 5.76 Å². The van der Waals surface area contributed by atoms with Gasteiger partial charge in [-0.05, 0) is 42.5 Å². The van der Waals surface area contributed by atoms with Crippen LogP contribution in [0.2, 0.25) is 0 Å². The van der Waals surface area contributed by atoms with Crippen molar-refractivity contribution in [3.8, 4) is 0 Å². The van der Waals surface area contributed by atoms with Crippen molar-refractivity contribution in [2.24, 2.45) is 0 Å². The zero-order valence-electron chi connectivity index (χ0n) is 13.9. The van der Waals surface area contributed by atoms with Gasteiger partial charge in [0.1, 0.15) is 0 Å². The SMILES string of the molecule is O=C(CCn1c(=O)oc2ccccc21)N[C@H]1CCCc2ccccc21. The van der Waals surface area contributed by atoms with E-state index in [1.807, 2.05) is 30.3 Å². The van der Waals surface area contributed by atoms with Crippen LogP contribution in [0.1, 0.15) is 36.4 Å². The van der Waals surface area contributed by atoms with Crippen LogP contribution in [-0.4, -0.2) is 10.5 Å². The Bertz CT molecular complexity index is 970. The summed E-state index contributed by atoms with van der Waals surface area (Å²) >= 11 is 0. The lowest BCUT2D eigenvalue weighted by molar-refractivity contribution is -0.122. The molecule has 0 aliphatic heterocycles. The number of nitrogens with one attached hydrogen (secondary N) is 1. The Hall–Kier alpha value is -2.82. The lowest BCUT2D eigenvalue weighted by atomic mass is 9.88. The highest BCUT2D eigenvalue weighted by Gasteiger charge is 2.21. The lowest BCUT2D eigenvalue weighted by Crippen LogP contribution is -2.32. The van der Waals surface area contributed by atoms with Gasteiger partial charge in [-0.15, -0.1) is 0 Å². The minimum absolute atomic E-state index is 0.0427. The number of oxazole rings is 1. The molecule has 1 aromatic heterocycles. The van der Waals surface area contributed by atoms with Gasteiger partial charge in [-0.3, -0.25) is 9.36 Å². The predicted molar refractivity (Wildman–Crippen MR) is 95.4 cm³/mol. The Balaban J connectivity index is 1.45. The third-order valence-electron chi connectivity index (χ3n) is 4.84. The van der Waals surface area contributed by atoms with Gasteiger partial charge in [0, 0.05) is 13.0 Å². The number of aryl methyl sites for hydroxylation is 2. The quantitative estimate of drug-likeness (QED) is 0.796. The highest BCUT2D eigenvalue weighted by molar-refractivity contribution is 5.77. The van der Waals surface area contributed by atoms with Gasteiger partial charge in [0.05, 0.1) is 11.6 Å². The number of hydrogen-bond acceptors (Lipinski definition) is 3. The molecule has 0 bridgehead atoms. The predicted octanol–water partition coefficient (Wildman–Crippen LogP) is 3.18. The van der Waals surface area contributed by atoms with Crippen LogP contribution in [-0.2, 0) is 17.8 Å². The molecule has 1 heterocycles. The van der Waals surface area contributed by atoms with Gasteiger partial charge >= 0.3 is 5.76 Å². The van der Waals surface area contributed by atoms with Gasteiger partial charge < -0.3 is 9.73 Å². The normalized spacial score (nSPS) is 16.6. The molecule has 25 heavy (non-hydrogen) atoms. The van der Waals surface area contributed by atoms with Crippen LogP contribution < -0.4 is 11.1 Å². The first-order valence-corrected chi connectivity index (χ1v) is 8.68. The Morgan fingerprint density at radius 3 is 2.88 bits per heavy atom. The molecule has 4 rings (SSSR count). The monoisotopic (exact) mass is 336 g/mol. The molecule has 5 heteroatoms. The number of hydrogen-bond donors (Lipinski definition) is 1. The van der Waals surface area contributed by atoms with Crippen molar-refractivity contribution in [1.82, 2.24) is 9.88 Å². The van der Waals surface area contributed by atoms with Gasteiger partial charge in [-0.2, -0.15) is 0 Å². The van der Waals surface area contributed by atoms with E-state index in [4.69, 9.17) is 4.42 Å². The molecule has 128 valence electrons. The maximum absolute atomic E-state index is 12.4. The summed E-state index contributed by atoms with van der Waals surface area (Å²) in [7, 11) is 0. The van der Waals surface area contributed by atoms with Crippen molar-refractivity contribution in [1.29, 1.82) is 0 Å². The Morgan fingerprint density at radius 2 is 1.96 bits per heavy atom. The first kappa shape index (κ1) is 15.7. The van der Waals surface area contributed by atoms with Crippen LogP contribution in [0.5, 0.6) is 0 Å². The zero-order chi connectivity index (χ0) is 17.2. The molecule has 3 aromatic rings.